The number of aromatic nitrogens is 2. The molecule has 2 aliphatic carbocycles. The van der Waals surface area contributed by atoms with Gasteiger partial charge in [0, 0.05) is 36.6 Å². The van der Waals surface area contributed by atoms with Crippen LogP contribution in [0.15, 0.2) is 104 Å². The molecule has 30 heavy (non-hydrogen) atoms. The number of benzene rings is 1. The van der Waals surface area contributed by atoms with Gasteiger partial charge in [0.05, 0.1) is 5.41 Å². The smallest absolute Gasteiger partial charge is 0.149 e. The fourth-order valence-electron chi connectivity index (χ4n) is 4.99. The van der Waals surface area contributed by atoms with E-state index >= 15 is 4.39 Å². The summed E-state index contributed by atoms with van der Waals surface area (Å²) in [5.41, 5.74) is -0.425. The lowest BCUT2D eigenvalue weighted by Crippen LogP contribution is -2.63. The first-order valence-electron chi connectivity index (χ1n) is 9.95. The Labute approximate surface area is 174 Å². The largest absolute Gasteiger partial charge is 0.265 e. The summed E-state index contributed by atoms with van der Waals surface area (Å²) in [6, 6.07) is 14.1. The lowest BCUT2D eigenvalue weighted by atomic mass is 9.41. The topological polar surface area (TPSA) is 25.8 Å². The molecule has 0 N–H and O–H groups in total. The molecule has 0 saturated heterocycles. The van der Waals surface area contributed by atoms with Crippen molar-refractivity contribution in [1.82, 2.24) is 9.97 Å². The zero-order chi connectivity index (χ0) is 20.6. The van der Waals surface area contributed by atoms with Gasteiger partial charge in [0.15, 0.2) is 0 Å². The van der Waals surface area contributed by atoms with E-state index in [0.29, 0.717) is 5.56 Å². The van der Waals surface area contributed by atoms with E-state index in [4.69, 9.17) is 0 Å². The number of hydrogen-bond donors (Lipinski definition) is 0. The van der Waals surface area contributed by atoms with Crippen molar-refractivity contribution >= 4 is 6.08 Å². The Balaban J connectivity index is 1.70. The van der Waals surface area contributed by atoms with Gasteiger partial charge in [0.2, 0.25) is 0 Å². The van der Waals surface area contributed by atoms with Gasteiger partial charge in [-0.05, 0) is 53.1 Å². The van der Waals surface area contributed by atoms with Gasteiger partial charge in [-0.2, -0.15) is 0 Å². The van der Waals surface area contributed by atoms with Crippen LogP contribution in [-0.2, 0) is 0 Å². The second-order valence-corrected chi connectivity index (χ2v) is 7.79. The van der Waals surface area contributed by atoms with E-state index in [1.54, 1.807) is 49.1 Å². The third kappa shape index (κ3) is 2.67. The summed E-state index contributed by atoms with van der Waals surface area (Å²) < 4.78 is 31.7. The van der Waals surface area contributed by atoms with Gasteiger partial charge in [-0.1, -0.05) is 48.6 Å². The van der Waals surface area contributed by atoms with E-state index in [1.807, 2.05) is 54.6 Å². The Morgan fingerprint density at radius 1 is 0.800 bits per heavy atom. The van der Waals surface area contributed by atoms with Crippen molar-refractivity contribution in [3.63, 3.8) is 0 Å². The first-order valence-corrected chi connectivity index (χ1v) is 9.95. The van der Waals surface area contributed by atoms with Crippen molar-refractivity contribution in [1.29, 1.82) is 0 Å². The lowest BCUT2D eigenvalue weighted by molar-refractivity contribution is -0.0547. The molecule has 3 aromatic rings. The molecular formula is C26H20F2N2. The van der Waals surface area contributed by atoms with Gasteiger partial charge in [0.25, 0.3) is 0 Å². The molecule has 5 rings (SSSR count). The molecule has 4 atom stereocenters. The molecule has 148 valence electrons. The molecule has 4 heteroatoms. The highest BCUT2D eigenvalue weighted by atomic mass is 19.1. The fourth-order valence-corrected chi connectivity index (χ4v) is 4.99. The first kappa shape index (κ1) is 18.6. The van der Waals surface area contributed by atoms with E-state index in [-0.39, 0.29) is 5.82 Å². The van der Waals surface area contributed by atoms with Gasteiger partial charge < -0.3 is 0 Å². The molecule has 0 radical (unpaired) electrons. The van der Waals surface area contributed by atoms with Crippen molar-refractivity contribution in [2.75, 3.05) is 0 Å². The number of allylic oxidation sites excluding steroid dienone is 5. The molecule has 0 spiro atoms. The maximum Gasteiger partial charge on any atom is 0.149 e. The van der Waals surface area contributed by atoms with Crippen LogP contribution in [0.25, 0.3) is 6.08 Å². The highest BCUT2D eigenvalue weighted by Crippen LogP contribution is 2.72. The van der Waals surface area contributed by atoms with Crippen LogP contribution in [0, 0.1) is 11.2 Å². The number of fused-ring (bicyclic) bond motifs is 1. The Kier molecular flexibility index (Phi) is 4.43. The SMILES string of the molecule is Fc1ccccc1C1C(c2ccncc2)C2(F)C=CC=CC12/C=C/c1ccncc1. The van der Waals surface area contributed by atoms with E-state index in [9.17, 15) is 4.39 Å². The molecule has 4 unspecified atom stereocenters. The third-order valence-electron chi connectivity index (χ3n) is 6.35. The number of nitrogens with zero attached hydrogens (tertiary/aromatic N) is 2. The maximum absolute atomic E-state index is 16.8. The van der Waals surface area contributed by atoms with E-state index < -0.39 is 22.9 Å². The van der Waals surface area contributed by atoms with Crippen molar-refractivity contribution in [3.05, 3.63) is 126 Å². The highest BCUT2D eigenvalue weighted by molar-refractivity contribution is 5.59. The van der Waals surface area contributed by atoms with Crippen LogP contribution in [0.3, 0.4) is 0 Å². The molecule has 2 aliphatic rings. The standard InChI is InChI=1S/C26H20F2N2/c27-22-6-2-1-5-21(22)24-23(20-10-17-30-18-11-20)26(28)13-4-3-12-25(24,26)14-7-19-8-15-29-16-9-19/h1-18,23-24H/b14-7+. The van der Waals surface area contributed by atoms with Crippen LogP contribution in [-0.4, -0.2) is 15.6 Å². The third-order valence-corrected chi connectivity index (χ3v) is 6.35. The average molecular weight is 398 g/mol. The Morgan fingerprint density at radius 3 is 2.20 bits per heavy atom. The summed E-state index contributed by atoms with van der Waals surface area (Å²) in [4.78, 5) is 8.11. The number of halogens is 2. The summed E-state index contributed by atoms with van der Waals surface area (Å²) in [6.07, 6.45) is 17.6. The number of hydrogen-bond acceptors (Lipinski definition) is 2. The number of pyridine rings is 2. The van der Waals surface area contributed by atoms with Gasteiger partial charge in [-0.3, -0.25) is 9.97 Å². The van der Waals surface area contributed by atoms with E-state index in [1.165, 1.54) is 6.07 Å². The average Bonchev–Trinajstić information content (AvgIpc) is 2.78. The molecule has 0 aliphatic heterocycles. The normalized spacial score (nSPS) is 29.5. The molecule has 0 amide bonds. The second kappa shape index (κ2) is 7.13. The quantitative estimate of drug-likeness (QED) is 0.536. The van der Waals surface area contributed by atoms with Crippen LogP contribution >= 0.6 is 0 Å². The minimum Gasteiger partial charge on any atom is -0.265 e. The first-order chi connectivity index (χ1) is 14.7. The summed E-state index contributed by atoms with van der Waals surface area (Å²) in [5.74, 6) is -1.24. The fraction of sp³-hybridized carbons (Fsp3) is 0.154. The number of alkyl halides is 1. The molecule has 1 saturated carbocycles. The summed E-state index contributed by atoms with van der Waals surface area (Å²) in [5, 5.41) is 0. The van der Waals surface area contributed by atoms with Gasteiger partial charge in [-0.25, -0.2) is 8.78 Å². The maximum atomic E-state index is 16.8. The minimum atomic E-state index is -1.68. The van der Waals surface area contributed by atoms with E-state index in [0.717, 1.165) is 11.1 Å². The Morgan fingerprint density at radius 2 is 1.47 bits per heavy atom. The summed E-state index contributed by atoms with van der Waals surface area (Å²) in [6.45, 7) is 0. The zero-order valence-corrected chi connectivity index (χ0v) is 16.2. The zero-order valence-electron chi connectivity index (χ0n) is 16.2. The molecular weight excluding hydrogens is 378 g/mol. The lowest BCUT2D eigenvalue weighted by Gasteiger charge is -2.63. The van der Waals surface area contributed by atoms with Gasteiger partial charge in [-0.15, -0.1) is 0 Å². The van der Waals surface area contributed by atoms with Gasteiger partial charge >= 0.3 is 0 Å². The predicted octanol–water partition coefficient (Wildman–Crippen LogP) is 6.03. The number of rotatable bonds is 4. The molecule has 2 nitrogen and oxygen atoms in total. The highest BCUT2D eigenvalue weighted by Gasteiger charge is 2.71. The second-order valence-electron chi connectivity index (χ2n) is 7.79. The molecule has 1 aromatic carbocycles. The van der Waals surface area contributed by atoms with Crippen LogP contribution in [0.2, 0.25) is 0 Å². The Hall–Kier alpha value is -3.40. The van der Waals surface area contributed by atoms with Crippen molar-refractivity contribution in [2.45, 2.75) is 17.5 Å². The molecule has 0 bridgehead atoms. The van der Waals surface area contributed by atoms with Crippen LogP contribution in [0.1, 0.15) is 28.5 Å². The Bertz CT molecular complexity index is 1140. The minimum absolute atomic E-state index is 0.316. The van der Waals surface area contributed by atoms with Crippen molar-refractivity contribution in [2.24, 2.45) is 5.41 Å². The summed E-state index contributed by atoms with van der Waals surface area (Å²) in [7, 11) is 0. The van der Waals surface area contributed by atoms with Crippen LogP contribution in [0.4, 0.5) is 8.78 Å². The predicted molar refractivity (Wildman–Crippen MR) is 114 cm³/mol. The molecule has 2 aromatic heterocycles. The van der Waals surface area contributed by atoms with Crippen molar-refractivity contribution < 1.29 is 8.78 Å². The van der Waals surface area contributed by atoms with E-state index in [2.05, 4.69) is 9.97 Å². The monoisotopic (exact) mass is 398 g/mol. The summed E-state index contributed by atoms with van der Waals surface area (Å²) >= 11 is 0. The molecule has 1 fully saturated rings. The van der Waals surface area contributed by atoms with Crippen LogP contribution < -0.4 is 0 Å². The van der Waals surface area contributed by atoms with Gasteiger partial charge in [0.1, 0.15) is 11.5 Å². The molecule has 2 heterocycles. The van der Waals surface area contributed by atoms with Crippen LogP contribution in [0.5, 0.6) is 0 Å². The van der Waals surface area contributed by atoms with Crippen molar-refractivity contribution in [3.8, 4) is 0 Å².